The lowest BCUT2D eigenvalue weighted by Crippen LogP contribution is -2.12. The van der Waals surface area contributed by atoms with Crippen LogP contribution in [0.2, 0.25) is 0 Å². The Morgan fingerprint density at radius 2 is 2.18 bits per heavy atom. The summed E-state index contributed by atoms with van der Waals surface area (Å²) in [7, 11) is 1.48. The van der Waals surface area contributed by atoms with Gasteiger partial charge in [0.2, 0.25) is 5.95 Å². The molecule has 0 saturated carbocycles. The molecule has 0 aliphatic heterocycles. The lowest BCUT2D eigenvalue weighted by molar-refractivity contribution is 0.373. The zero-order valence-corrected chi connectivity index (χ0v) is 12.6. The number of nitrogens with one attached hydrogen (secondary N) is 2. The van der Waals surface area contributed by atoms with Gasteiger partial charge in [0.15, 0.2) is 11.5 Å². The van der Waals surface area contributed by atoms with E-state index in [2.05, 4.69) is 20.5 Å². The standard InChI is InChI=1S/C15H18N4O3/c1-9(2)11-7-14(21)18-15(17-11)19-16-8-10-4-5-13(22-3)12(20)6-10/h4-9,20H,1-3H3,(H2,17,18,19,21)/b16-8-. The van der Waals surface area contributed by atoms with Gasteiger partial charge in [-0.15, -0.1) is 0 Å². The number of anilines is 1. The number of hydrazone groups is 1. The summed E-state index contributed by atoms with van der Waals surface area (Å²) in [6, 6.07) is 6.35. The van der Waals surface area contributed by atoms with Crippen LogP contribution in [0.4, 0.5) is 5.95 Å². The largest absolute Gasteiger partial charge is 0.504 e. The predicted octanol–water partition coefficient (Wildman–Crippen LogP) is 2.05. The first kappa shape index (κ1) is 15.6. The van der Waals surface area contributed by atoms with Gasteiger partial charge in [-0.25, -0.2) is 10.4 Å². The van der Waals surface area contributed by atoms with E-state index in [1.54, 1.807) is 12.1 Å². The van der Waals surface area contributed by atoms with E-state index in [9.17, 15) is 9.90 Å². The SMILES string of the molecule is COc1ccc(/C=N\Nc2nc(C(C)C)cc(=O)[nH]2)cc1O. The highest BCUT2D eigenvalue weighted by Crippen LogP contribution is 2.25. The molecule has 0 spiro atoms. The van der Waals surface area contributed by atoms with Crippen molar-refractivity contribution in [3.8, 4) is 11.5 Å². The van der Waals surface area contributed by atoms with Gasteiger partial charge in [0, 0.05) is 6.07 Å². The topological polar surface area (TPSA) is 99.6 Å². The third kappa shape index (κ3) is 3.85. The number of ether oxygens (including phenoxy) is 1. The number of H-pyrrole nitrogens is 1. The van der Waals surface area contributed by atoms with Crippen LogP contribution in [0.3, 0.4) is 0 Å². The molecule has 1 aromatic heterocycles. The van der Waals surface area contributed by atoms with E-state index in [4.69, 9.17) is 4.74 Å². The molecule has 0 radical (unpaired) electrons. The Morgan fingerprint density at radius 1 is 1.41 bits per heavy atom. The molecule has 1 heterocycles. The lowest BCUT2D eigenvalue weighted by Gasteiger charge is -2.06. The predicted molar refractivity (Wildman–Crippen MR) is 84.8 cm³/mol. The minimum atomic E-state index is -0.238. The molecular weight excluding hydrogens is 284 g/mol. The van der Waals surface area contributed by atoms with Crippen LogP contribution in [-0.2, 0) is 0 Å². The highest BCUT2D eigenvalue weighted by atomic mass is 16.5. The Kier molecular flexibility index (Phi) is 4.77. The molecule has 0 amide bonds. The Bertz CT molecular complexity index is 738. The molecule has 22 heavy (non-hydrogen) atoms. The van der Waals surface area contributed by atoms with Crippen molar-refractivity contribution in [2.45, 2.75) is 19.8 Å². The summed E-state index contributed by atoms with van der Waals surface area (Å²) in [5.41, 5.74) is 3.79. The summed E-state index contributed by atoms with van der Waals surface area (Å²) in [6.07, 6.45) is 1.50. The number of methoxy groups -OCH3 is 1. The van der Waals surface area contributed by atoms with Gasteiger partial charge in [-0.3, -0.25) is 9.78 Å². The molecule has 116 valence electrons. The molecule has 2 rings (SSSR count). The van der Waals surface area contributed by atoms with Crippen molar-refractivity contribution < 1.29 is 9.84 Å². The lowest BCUT2D eigenvalue weighted by atomic mass is 10.1. The molecule has 0 aliphatic rings. The fourth-order valence-corrected chi connectivity index (χ4v) is 1.78. The first-order valence-electron chi connectivity index (χ1n) is 6.77. The summed E-state index contributed by atoms with van der Waals surface area (Å²) >= 11 is 0. The highest BCUT2D eigenvalue weighted by molar-refractivity contribution is 5.81. The van der Waals surface area contributed by atoms with E-state index in [0.717, 1.165) is 0 Å². The van der Waals surface area contributed by atoms with Crippen LogP contribution >= 0.6 is 0 Å². The molecule has 0 unspecified atom stereocenters. The van der Waals surface area contributed by atoms with Crippen LogP contribution in [0.5, 0.6) is 11.5 Å². The van der Waals surface area contributed by atoms with E-state index < -0.39 is 0 Å². The van der Waals surface area contributed by atoms with Crippen LogP contribution in [-0.4, -0.2) is 28.4 Å². The van der Waals surface area contributed by atoms with Crippen LogP contribution in [0.15, 0.2) is 34.2 Å². The molecular formula is C15H18N4O3. The third-order valence-electron chi connectivity index (χ3n) is 2.94. The zero-order valence-electron chi connectivity index (χ0n) is 12.6. The average molecular weight is 302 g/mol. The van der Waals surface area contributed by atoms with Gasteiger partial charge in [0.1, 0.15) is 0 Å². The van der Waals surface area contributed by atoms with Crippen LogP contribution < -0.4 is 15.7 Å². The van der Waals surface area contributed by atoms with Crippen LogP contribution in [0.1, 0.15) is 31.0 Å². The summed E-state index contributed by atoms with van der Waals surface area (Å²) in [5, 5.41) is 13.7. The van der Waals surface area contributed by atoms with E-state index in [1.807, 2.05) is 13.8 Å². The number of phenolic OH excluding ortho intramolecular Hbond substituents is 1. The second kappa shape index (κ2) is 6.75. The van der Waals surface area contributed by atoms with Gasteiger partial charge in [-0.2, -0.15) is 5.10 Å². The fourth-order valence-electron chi connectivity index (χ4n) is 1.78. The molecule has 2 aromatic rings. The van der Waals surface area contributed by atoms with Crippen LogP contribution in [0, 0.1) is 0 Å². The Balaban J connectivity index is 2.12. The smallest absolute Gasteiger partial charge is 0.252 e. The van der Waals surface area contributed by atoms with Crippen molar-refractivity contribution in [1.29, 1.82) is 0 Å². The van der Waals surface area contributed by atoms with Gasteiger partial charge < -0.3 is 9.84 Å². The molecule has 3 N–H and O–H groups in total. The molecule has 0 fully saturated rings. The van der Waals surface area contributed by atoms with Gasteiger partial charge in [-0.05, 0) is 29.7 Å². The van der Waals surface area contributed by atoms with Gasteiger partial charge in [-0.1, -0.05) is 13.8 Å². The molecule has 1 aromatic carbocycles. The van der Waals surface area contributed by atoms with Crippen LogP contribution in [0.25, 0.3) is 0 Å². The normalized spacial score (nSPS) is 11.1. The first-order valence-corrected chi connectivity index (χ1v) is 6.77. The molecule has 0 atom stereocenters. The second-order valence-corrected chi connectivity index (χ2v) is 4.97. The monoisotopic (exact) mass is 302 g/mol. The highest BCUT2D eigenvalue weighted by Gasteiger charge is 2.04. The number of nitrogens with zero attached hydrogens (tertiary/aromatic N) is 2. The number of benzene rings is 1. The fraction of sp³-hybridized carbons (Fsp3) is 0.267. The second-order valence-electron chi connectivity index (χ2n) is 4.97. The number of aromatic hydroxyl groups is 1. The summed E-state index contributed by atoms with van der Waals surface area (Å²) in [5.74, 6) is 0.830. The van der Waals surface area contributed by atoms with Crippen molar-refractivity contribution >= 4 is 12.2 Å². The van der Waals surface area contributed by atoms with Crippen molar-refractivity contribution in [3.05, 3.63) is 45.9 Å². The Morgan fingerprint density at radius 3 is 2.82 bits per heavy atom. The molecule has 7 heteroatoms. The number of hydrogen-bond donors (Lipinski definition) is 3. The summed E-state index contributed by atoms with van der Waals surface area (Å²) in [4.78, 5) is 18.3. The number of phenols is 1. The molecule has 0 aliphatic carbocycles. The molecule has 7 nitrogen and oxygen atoms in total. The quantitative estimate of drug-likeness (QED) is 0.580. The van der Waals surface area contributed by atoms with Gasteiger partial charge in [0.25, 0.3) is 5.56 Å². The molecule has 0 saturated heterocycles. The Labute approximate surface area is 127 Å². The number of rotatable bonds is 5. The van der Waals surface area contributed by atoms with E-state index in [0.29, 0.717) is 17.0 Å². The summed E-state index contributed by atoms with van der Waals surface area (Å²) < 4.78 is 4.96. The van der Waals surface area contributed by atoms with Crippen molar-refractivity contribution in [2.24, 2.45) is 5.10 Å². The van der Waals surface area contributed by atoms with Crippen molar-refractivity contribution in [1.82, 2.24) is 9.97 Å². The minimum Gasteiger partial charge on any atom is -0.504 e. The maximum atomic E-state index is 11.5. The van der Waals surface area contributed by atoms with E-state index in [-0.39, 0.29) is 23.2 Å². The van der Waals surface area contributed by atoms with Gasteiger partial charge >= 0.3 is 0 Å². The van der Waals surface area contributed by atoms with E-state index >= 15 is 0 Å². The molecule has 0 bridgehead atoms. The summed E-state index contributed by atoms with van der Waals surface area (Å²) in [6.45, 7) is 3.91. The maximum Gasteiger partial charge on any atom is 0.252 e. The number of aromatic amines is 1. The number of hydrogen-bond acceptors (Lipinski definition) is 6. The van der Waals surface area contributed by atoms with Crippen molar-refractivity contribution in [3.63, 3.8) is 0 Å². The first-order chi connectivity index (χ1) is 10.5. The third-order valence-corrected chi connectivity index (χ3v) is 2.94. The number of aromatic nitrogens is 2. The van der Waals surface area contributed by atoms with Crippen molar-refractivity contribution in [2.75, 3.05) is 12.5 Å². The average Bonchev–Trinajstić information content (AvgIpc) is 2.47. The Hall–Kier alpha value is -2.83. The zero-order chi connectivity index (χ0) is 16.1. The minimum absolute atomic E-state index is 0.0276. The maximum absolute atomic E-state index is 11.5. The van der Waals surface area contributed by atoms with E-state index in [1.165, 1.54) is 25.5 Å². The van der Waals surface area contributed by atoms with Gasteiger partial charge in [0.05, 0.1) is 19.0 Å².